The number of methoxy groups -OCH3 is 1. The maximum absolute atomic E-state index is 13.3. The summed E-state index contributed by atoms with van der Waals surface area (Å²) in [6.07, 6.45) is 0. The van der Waals surface area contributed by atoms with E-state index in [1.807, 2.05) is 19.9 Å². The lowest BCUT2D eigenvalue weighted by Gasteiger charge is -2.22. The SMILES string of the molecule is COc1ccc(C)cc1NC(=O)CN(Cc1ccc(F)cc1)S(=O)(=O)c1ccc(C)cc1. The summed E-state index contributed by atoms with van der Waals surface area (Å²) in [6, 6.07) is 17.2. The maximum atomic E-state index is 13.3. The third-order valence-electron chi connectivity index (χ3n) is 4.88. The highest BCUT2D eigenvalue weighted by atomic mass is 32.2. The van der Waals surface area contributed by atoms with Gasteiger partial charge in [0, 0.05) is 6.54 Å². The molecule has 0 aromatic heterocycles. The Bertz CT molecular complexity index is 1190. The number of benzene rings is 3. The lowest BCUT2D eigenvalue weighted by Crippen LogP contribution is -2.37. The van der Waals surface area contributed by atoms with E-state index in [0.717, 1.165) is 15.4 Å². The first kappa shape index (κ1) is 23.4. The van der Waals surface area contributed by atoms with Crippen LogP contribution in [-0.4, -0.2) is 32.3 Å². The first-order chi connectivity index (χ1) is 15.2. The van der Waals surface area contributed by atoms with E-state index in [0.29, 0.717) is 17.0 Å². The number of nitrogens with zero attached hydrogens (tertiary/aromatic N) is 1. The van der Waals surface area contributed by atoms with Crippen molar-refractivity contribution in [2.45, 2.75) is 25.3 Å². The number of hydrogen-bond donors (Lipinski definition) is 1. The van der Waals surface area contributed by atoms with E-state index in [-0.39, 0.29) is 11.4 Å². The van der Waals surface area contributed by atoms with Gasteiger partial charge in [0.05, 0.1) is 24.2 Å². The summed E-state index contributed by atoms with van der Waals surface area (Å²) < 4.78 is 46.3. The van der Waals surface area contributed by atoms with Crippen LogP contribution in [0, 0.1) is 19.7 Å². The van der Waals surface area contributed by atoms with Crippen LogP contribution in [0.1, 0.15) is 16.7 Å². The van der Waals surface area contributed by atoms with Crippen molar-refractivity contribution in [3.63, 3.8) is 0 Å². The molecular formula is C24H25FN2O4S. The van der Waals surface area contributed by atoms with Gasteiger partial charge in [-0.05, 0) is 61.4 Å². The molecule has 0 spiro atoms. The van der Waals surface area contributed by atoms with Crippen LogP contribution < -0.4 is 10.1 Å². The first-order valence-corrected chi connectivity index (χ1v) is 11.4. The highest BCUT2D eigenvalue weighted by molar-refractivity contribution is 7.89. The number of ether oxygens (including phenoxy) is 1. The average Bonchev–Trinajstić information content (AvgIpc) is 2.75. The van der Waals surface area contributed by atoms with Gasteiger partial charge in [-0.2, -0.15) is 4.31 Å². The first-order valence-electron chi connectivity index (χ1n) is 9.95. The fourth-order valence-electron chi connectivity index (χ4n) is 3.15. The normalized spacial score (nSPS) is 11.4. The number of amides is 1. The number of nitrogens with one attached hydrogen (secondary N) is 1. The number of rotatable bonds is 8. The molecule has 168 valence electrons. The van der Waals surface area contributed by atoms with Crippen LogP contribution in [0.5, 0.6) is 5.75 Å². The zero-order valence-corrected chi connectivity index (χ0v) is 18.9. The van der Waals surface area contributed by atoms with Crippen molar-refractivity contribution in [2.24, 2.45) is 0 Å². The fraction of sp³-hybridized carbons (Fsp3) is 0.208. The van der Waals surface area contributed by atoms with Gasteiger partial charge < -0.3 is 10.1 Å². The van der Waals surface area contributed by atoms with Gasteiger partial charge in [0.15, 0.2) is 0 Å². The second-order valence-corrected chi connectivity index (χ2v) is 9.40. The smallest absolute Gasteiger partial charge is 0.243 e. The van der Waals surface area contributed by atoms with Crippen LogP contribution in [0.2, 0.25) is 0 Å². The second kappa shape index (κ2) is 9.93. The Hall–Kier alpha value is -3.23. The fourth-order valence-corrected chi connectivity index (χ4v) is 4.53. The van der Waals surface area contributed by atoms with Gasteiger partial charge in [0.2, 0.25) is 15.9 Å². The van der Waals surface area contributed by atoms with E-state index >= 15 is 0 Å². The van der Waals surface area contributed by atoms with E-state index in [9.17, 15) is 17.6 Å². The van der Waals surface area contributed by atoms with Gasteiger partial charge in [-0.25, -0.2) is 12.8 Å². The molecule has 0 aliphatic rings. The van der Waals surface area contributed by atoms with Crippen molar-refractivity contribution >= 4 is 21.6 Å². The minimum atomic E-state index is -3.99. The molecule has 1 amide bonds. The summed E-state index contributed by atoms with van der Waals surface area (Å²) in [5.74, 6) is -0.479. The molecule has 0 aliphatic heterocycles. The summed E-state index contributed by atoms with van der Waals surface area (Å²) in [4.78, 5) is 12.9. The molecule has 0 saturated heterocycles. The van der Waals surface area contributed by atoms with Crippen molar-refractivity contribution in [1.82, 2.24) is 4.31 Å². The quantitative estimate of drug-likeness (QED) is 0.549. The molecule has 1 N–H and O–H groups in total. The van der Waals surface area contributed by atoms with Crippen LogP contribution in [0.15, 0.2) is 71.6 Å². The van der Waals surface area contributed by atoms with Gasteiger partial charge in [-0.15, -0.1) is 0 Å². The highest BCUT2D eigenvalue weighted by Gasteiger charge is 2.27. The van der Waals surface area contributed by atoms with Gasteiger partial charge in [0.1, 0.15) is 11.6 Å². The number of hydrogen-bond acceptors (Lipinski definition) is 4. The summed E-state index contributed by atoms with van der Waals surface area (Å²) in [5, 5.41) is 2.73. The van der Waals surface area contributed by atoms with Gasteiger partial charge in [-0.3, -0.25) is 4.79 Å². The summed E-state index contributed by atoms with van der Waals surface area (Å²) in [6.45, 7) is 3.21. The molecule has 0 aliphatic carbocycles. The Morgan fingerprint density at radius 2 is 1.59 bits per heavy atom. The second-order valence-electron chi connectivity index (χ2n) is 7.46. The Morgan fingerprint density at radius 3 is 2.22 bits per heavy atom. The number of sulfonamides is 1. The number of carbonyl (C=O) groups excluding carboxylic acids is 1. The molecule has 0 radical (unpaired) electrons. The lowest BCUT2D eigenvalue weighted by molar-refractivity contribution is -0.116. The molecule has 0 saturated carbocycles. The standard InChI is InChI=1S/C24H25FN2O4S/c1-17-4-11-21(12-5-17)32(29,30)27(15-19-7-9-20(25)10-8-19)16-24(28)26-22-14-18(2)6-13-23(22)31-3/h4-14H,15-16H2,1-3H3,(H,26,28). The van der Waals surface area contributed by atoms with Gasteiger partial charge in [0.25, 0.3) is 0 Å². The predicted octanol–water partition coefficient (Wildman–Crippen LogP) is 4.28. The number of aryl methyl sites for hydroxylation is 2. The minimum Gasteiger partial charge on any atom is -0.495 e. The molecular weight excluding hydrogens is 431 g/mol. The van der Waals surface area contributed by atoms with Crippen LogP contribution in [0.3, 0.4) is 0 Å². The number of anilines is 1. The molecule has 6 nitrogen and oxygen atoms in total. The Kier molecular flexibility index (Phi) is 7.27. The monoisotopic (exact) mass is 456 g/mol. The maximum Gasteiger partial charge on any atom is 0.243 e. The molecule has 0 heterocycles. The third kappa shape index (κ3) is 5.72. The molecule has 0 unspecified atom stereocenters. The van der Waals surface area contributed by atoms with Crippen molar-refractivity contribution < 1.29 is 22.3 Å². The van der Waals surface area contributed by atoms with Crippen molar-refractivity contribution in [3.8, 4) is 5.75 Å². The van der Waals surface area contributed by atoms with Gasteiger partial charge in [-0.1, -0.05) is 35.9 Å². The van der Waals surface area contributed by atoms with E-state index in [1.54, 1.807) is 24.3 Å². The van der Waals surface area contributed by atoms with E-state index in [1.165, 1.54) is 43.5 Å². The average molecular weight is 457 g/mol. The van der Waals surface area contributed by atoms with Crippen LogP contribution in [-0.2, 0) is 21.4 Å². The van der Waals surface area contributed by atoms with Crippen LogP contribution in [0.25, 0.3) is 0 Å². The van der Waals surface area contributed by atoms with Crippen molar-refractivity contribution in [3.05, 3.63) is 89.2 Å². The topological polar surface area (TPSA) is 75.7 Å². The van der Waals surface area contributed by atoms with Crippen LogP contribution in [0.4, 0.5) is 10.1 Å². The van der Waals surface area contributed by atoms with Gasteiger partial charge >= 0.3 is 0 Å². The van der Waals surface area contributed by atoms with Crippen molar-refractivity contribution in [1.29, 1.82) is 0 Å². The lowest BCUT2D eigenvalue weighted by atomic mass is 10.2. The summed E-state index contributed by atoms with van der Waals surface area (Å²) in [5.41, 5.74) is 2.84. The van der Waals surface area contributed by atoms with E-state index in [4.69, 9.17) is 4.74 Å². The molecule has 3 aromatic rings. The number of carbonyl (C=O) groups is 1. The van der Waals surface area contributed by atoms with Crippen LogP contribution >= 0.6 is 0 Å². The molecule has 3 rings (SSSR count). The summed E-state index contributed by atoms with van der Waals surface area (Å²) >= 11 is 0. The number of halogens is 1. The highest BCUT2D eigenvalue weighted by Crippen LogP contribution is 2.26. The molecule has 32 heavy (non-hydrogen) atoms. The molecule has 0 bridgehead atoms. The Morgan fingerprint density at radius 1 is 0.969 bits per heavy atom. The minimum absolute atomic E-state index is 0.0751. The predicted molar refractivity (Wildman–Crippen MR) is 122 cm³/mol. The van der Waals surface area contributed by atoms with E-state index in [2.05, 4.69) is 5.32 Å². The summed E-state index contributed by atoms with van der Waals surface area (Å²) in [7, 11) is -2.50. The largest absolute Gasteiger partial charge is 0.495 e. The molecule has 0 fully saturated rings. The third-order valence-corrected chi connectivity index (χ3v) is 6.69. The molecule has 8 heteroatoms. The van der Waals surface area contributed by atoms with E-state index < -0.39 is 28.3 Å². The molecule has 3 aromatic carbocycles. The van der Waals surface area contributed by atoms with Crippen molar-refractivity contribution in [2.75, 3.05) is 19.0 Å². The Balaban J connectivity index is 1.89. The zero-order valence-electron chi connectivity index (χ0n) is 18.1. The molecule has 0 atom stereocenters. The Labute approximate surface area is 187 Å². The zero-order chi connectivity index (χ0) is 23.3.